The summed E-state index contributed by atoms with van der Waals surface area (Å²) in [6, 6.07) is 12.7. The van der Waals surface area contributed by atoms with Crippen LogP contribution in [-0.4, -0.2) is 52.2 Å². The normalized spacial score (nSPS) is 15.0. The minimum Gasteiger partial charge on any atom is -0.369 e. The summed E-state index contributed by atoms with van der Waals surface area (Å²) < 4.78 is 14.8. The van der Waals surface area contributed by atoms with Crippen molar-refractivity contribution in [2.45, 2.75) is 19.9 Å². The molecule has 0 aliphatic carbocycles. The van der Waals surface area contributed by atoms with Crippen LogP contribution in [0.15, 0.2) is 59.8 Å². The van der Waals surface area contributed by atoms with E-state index < -0.39 is 0 Å². The van der Waals surface area contributed by atoms with Gasteiger partial charge in [0, 0.05) is 50.0 Å². The highest BCUT2D eigenvalue weighted by molar-refractivity contribution is 6.02. The molecule has 7 heteroatoms. The van der Waals surface area contributed by atoms with Crippen LogP contribution in [0.4, 0.5) is 10.1 Å². The third-order valence-corrected chi connectivity index (χ3v) is 6.25. The SMILES string of the molecule is Cc1ccc2c(c1)ncc1c(=O)n(CCCN3CCN(c4ccc(F)cc4)CC3)cnc12. The Kier molecular flexibility index (Phi) is 5.57. The molecule has 0 saturated carbocycles. The Labute approximate surface area is 185 Å². The van der Waals surface area contributed by atoms with Crippen molar-refractivity contribution in [2.24, 2.45) is 0 Å². The van der Waals surface area contributed by atoms with Crippen LogP contribution >= 0.6 is 0 Å². The Morgan fingerprint density at radius 3 is 2.50 bits per heavy atom. The zero-order valence-corrected chi connectivity index (χ0v) is 18.2. The van der Waals surface area contributed by atoms with Crippen molar-refractivity contribution in [1.82, 2.24) is 19.4 Å². The fraction of sp³-hybridized carbons (Fsp3) is 0.320. The minimum absolute atomic E-state index is 0.0360. The molecule has 1 fully saturated rings. The van der Waals surface area contributed by atoms with Gasteiger partial charge in [-0.1, -0.05) is 12.1 Å². The molecule has 0 spiro atoms. The van der Waals surface area contributed by atoms with Crippen molar-refractivity contribution in [3.63, 3.8) is 0 Å². The highest BCUT2D eigenvalue weighted by Gasteiger charge is 2.17. The average Bonchev–Trinajstić information content (AvgIpc) is 2.81. The summed E-state index contributed by atoms with van der Waals surface area (Å²) in [6.07, 6.45) is 4.19. The standard InChI is InChI=1S/C25H26FN5O/c1-18-3-8-21-23(15-18)27-16-22-24(21)28-17-31(25(22)32)10-2-9-29-11-13-30(14-12-29)20-6-4-19(26)5-7-20/h3-8,15-17H,2,9-14H2,1H3. The maximum atomic E-state index is 13.1. The van der Waals surface area contributed by atoms with Gasteiger partial charge in [0.05, 0.1) is 22.7 Å². The number of fused-ring (bicyclic) bond motifs is 3. The van der Waals surface area contributed by atoms with Crippen LogP contribution in [0.2, 0.25) is 0 Å². The molecule has 164 valence electrons. The molecule has 2 aromatic heterocycles. The Balaban J connectivity index is 1.21. The maximum Gasteiger partial charge on any atom is 0.262 e. The number of aromatic nitrogens is 3. The first-order valence-corrected chi connectivity index (χ1v) is 11.1. The Bertz CT molecular complexity index is 1310. The van der Waals surface area contributed by atoms with E-state index in [0.29, 0.717) is 17.4 Å². The van der Waals surface area contributed by atoms with Crippen LogP contribution in [-0.2, 0) is 6.54 Å². The maximum absolute atomic E-state index is 13.1. The van der Waals surface area contributed by atoms with E-state index in [1.54, 1.807) is 17.1 Å². The summed E-state index contributed by atoms with van der Waals surface area (Å²) >= 11 is 0. The molecule has 1 saturated heterocycles. The molecule has 0 bridgehead atoms. The molecule has 0 atom stereocenters. The first-order valence-electron chi connectivity index (χ1n) is 11.1. The fourth-order valence-corrected chi connectivity index (χ4v) is 4.42. The van der Waals surface area contributed by atoms with Gasteiger partial charge in [-0.05, 0) is 55.8 Å². The molecule has 5 rings (SSSR count). The lowest BCUT2D eigenvalue weighted by Crippen LogP contribution is -2.46. The van der Waals surface area contributed by atoms with Gasteiger partial charge in [-0.2, -0.15) is 0 Å². The lowest BCUT2D eigenvalue weighted by Gasteiger charge is -2.36. The number of aryl methyl sites for hydroxylation is 2. The zero-order valence-electron chi connectivity index (χ0n) is 18.2. The molecular formula is C25H26FN5O. The van der Waals surface area contributed by atoms with E-state index in [9.17, 15) is 9.18 Å². The van der Waals surface area contributed by atoms with Gasteiger partial charge in [-0.15, -0.1) is 0 Å². The van der Waals surface area contributed by atoms with Crippen LogP contribution in [0.25, 0.3) is 21.8 Å². The third-order valence-electron chi connectivity index (χ3n) is 6.25. The molecule has 0 N–H and O–H groups in total. The van der Waals surface area contributed by atoms with Crippen LogP contribution in [0, 0.1) is 12.7 Å². The highest BCUT2D eigenvalue weighted by Crippen LogP contribution is 2.20. The number of rotatable bonds is 5. The number of nitrogens with zero attached hydrogens (tertiary/aromatic N) is 5. The van der Waals surface area contributed by atoms with Crippen LogP contribution in [0.3, 0.4) is 0 Å². The first kappa shape index (κ1) is 20.6. The summed E-state index contributed by atoms with van der Waals surface area (Å²) in [4.78, 5) is 26.7. The second-order valence-electron chi connectivity index (χ2n) is 8.44. The lowest BCUT2D eigenvalue weighted by molar-refractivity contribution is 0.250. The zero-order chi connectivity index (χ0) is 22.1. The number of benzene rings is 2. The molecule has 0 unspecified atom stereocenters. The second-order valence-corrected chi connectivity index (χ2v) is 8.44. The summed E-state index contributed by atoms with van der Waals surface area (Å²) in [5, 5.41) is 1.48. The molecule has 1 aliphatic heterocycles. The smallest absolute Gasteiger partial charge is 0.262 e. The summed E-state index contributed by atoms with van der Waals surface area (Å²) in [7, 11) is 0. The monoisotopic (exact) mass is 431 g/mol. The van der Waals surface area contributed by atoms with Crippen LogP contribution in [0.1, 0.15) is 12.0 Å². The molecule has 2 aromatic carbocycles. The van der Waals surface area contributed by atoms with Gasteiger partial charge in [0.15, 0.2) is 0 Å². The quantitative estimate of drug-likeness (QED) is 0.452. The largest absolute Gasteiger partial charge is 0.369 e. The molecule has 1 aliphatic rings. The van der Waals surface area contributed by atoms with Crippen LogP contribution < -0.4 is 10.5 Å². The molecule has 32 heavy (non-hydrogen) atoms. The summed E-state index contributed by atoms with van der Waals surface area (Å²) in [5.41, 5.74) is 3.74. The predicted octanol–water partition coefficient (Wildman–Crippen LogP) is 3.60. The molecule has 6 nitrogen and oxygen atoms in total. The molecule has 0 radical (unpaired) electrons. The van der Waals surface area contributed by atoms with Crippen molar-refractivity contribution >= 4 is 27.5 Å². The van der Waals surface area contributed by atoms with Gasteiger partial charge >= 0.3 is 0 Å². The van der Waals surface area contributed by atoms with Crippen molar-refractivity contribution in [2.75, 3.05) is 37.6 Å². The van der Waals surface area contributed by atoms with Gasteiger partial charge in [-0.3, -0.25) is 19.2 Å². The number of piperazine rings is 1. The van der Waals surface area contributed by atoms with E-state index in [2.05, 4.69) is 19.8 Å². The van der Waals surface area contributed by atoms with E-state index in [4.69, 9.17) is 0 Å². The van der Waals surface area contributed by atoms with Gasteiger partial charge in [0.1, 0.15) is 5.82 Å². The summed E-state index contributed by atoms with van der Waals surface area (Å²) in [6.45, 7) is 7.33. The van der Waals surface area contributed by atoms with E-state index in [1.807, 2.05) is 37.3 Å². The second kappa shape index (κ2) is 8.67. The predicted molar refractivity (Wildman–Crippen MR) is 126 cm³/mol. The van der Waals surface area contributed by atoms with Crippen molar-refractivity contribution in [1.29, 1.82) is 0 Å². The van der Waals surface area contributed by atoms with Gasteiger partial charge in [-0.25, -0.2) is 9.37 Å². The van der Waals surface area contributed by atoms with Crippen molar-refractivity contribution in [3.05, 3.63) is 76.7 Å². The lowest BCUT2D eigenvalue weighted by atomic mass is 10.1. The first-order chi connectivity index (χ1) is 15.6. The van der Waals surface area contributed by atoms with Gasteiger partial charge in [0.2, 0.25) is 0 Å². The minimum atomic E-state index is -0.204. The number of hydrogen-bond donors (Lipinski definition) is 0. The number of anilines is 1. The van der Waals surface area contributed by atoms with Crippen molar-refractivity contribution in [3.8, 4) is 0 Å². The van der Waals surface area contributed by atoms with Crippen LogP contribution in [0.5, 0.6) is 0 Å². The molecule has 4 aromatic rings. The highest BCUT2D eigenvalue weighted by atomic mass is 19.1. The molecular weight excluding hydrogens is 405 g/mol. The Hall–Kier alpha value is -3.32. The Morgan fingerprint density at radius 1 is 0.938 bits per heavy atom. The van der Waals surface area contributed by atoms with E-state index in [-0.39, 0.29) is 11.4 Å². The number of pyridine rings is 1. The Morgan fingerprint density at radius 2 is 1.72 bits per heavy atom. The number of halogens is 1. The summed E-state index contributed by atoms with van der Waals surface area (Å²) in [5.74, 6) is -0.204. The van der Waals surface area contributed by atoms with Gasteiger partial charge < -0.3 is 4.90 Å². The third kappa shape index (κ3) is 4.08. The molecule has 3 heterocycles. The van der Waals surface area contributed by atoms with E-state index >= 15 is 0 Å². The van der Waals surface area contributed by atoms with Crippen molar-refractivity contribution < 1.29 is 4.39 Å². The van der Waals surface area contributed by atoms with E-state index in [1.165, 1.54) is 12.1 Å². The molecule has 0 amide bonds. The van der Waals surface area contributed by atoms with E-state index in [0.717, 1.165) is 61.3 Å². The van der Waals surface area contributed by atoms with Gasteiger partial charge in [0.25, 0.3) is 5.56 Å². The average molecular weight is 432 g/mol. The number of hydrogen-bond acceptors (Lipinski definition) is 5. The topological polar surface area (TPSA) is 54.3 Å². The fourth-order valence-electron chi connectivity index (χ4n) is 4.42.